The SMILES string of the molecule is CCC(C)(C)C1CCC2(CC1)C[C@H](N)c1ccccc1O2. The standard InChI is InChI=1S/C19H29NO/c1-4-18(2,3)14-9-11-19(12-10-14)13-16(20)15-7-5-6-8-17(15)21-19/h5-8,14,16H,4,9-13,20H2,1-3H3/t14?,16-,19?/m0/s1. The van der Waals surface area contributed by atoms with Gasteiger partial charge in [0, 0.05) is 18.0 Å². The molecular weight excluding hydrogens is 258 g/mol. The Morgan fingerprint density at radius 3 is 2.57 bits per heavy atom. The number of para-hydroxylation sites is 1. The maximum atomic E-state index is 6.45. The van der Waals surface area contributed by atoms with Gasteiger partial charge in [0.05, 0.1) is 0 Å². The van der Waals surface area contributed by atoms with Crippen LogP contribution >= 0.6 is 0 Å². The zero-order valence-electron chi connectivity index (χ0n) is 13.7. The van der Waals surface area contributed by atoms with Gasteiger partial charge in [-0.3, -0.25) is 0 Å². The highest BCUT2D eigenvalue weighted by Crippen LogP contribution is 2.50. The van der Waals surface area contributed by atoms with Crippen molar-refractivity contribution in [1.29, 1.82) is 0 Å². The molecular formula is C19H29NO. The van der Waals surface area contributed by atoms with Gasteiger partial charge in [-0.05, 0) is 43.1 Å². The van der Waals surface area contributed by atoms with E-state index >= 15 is 0 Å². The van der Waals surface area contributed by atoms with Crippen molar-refractivity contribution in [1.82, 2.24) is 0 Å². The first-order chi connectivity index (χ1) is 9.96. The van der Waals surface area contributed by atoms with Gasteiger partial charge in [-0.25, -0.2) is 0 Å². The number of fused-ring (bicyclic) bond motifs is 1. The second-order valence-corrected chi connectivity index (χ2v) is 7.75. The Morgan fingerprint density at radius 1 is 1.24 bits per heavy atom. The van der Waals surface area contributed by atoms with E-state index in [-0.39, 0.29) is 11.6 Å². The third-order valence-electron chi connectivity index (χ3n) is 6.15. The molecule has 3 rings (SSSR count). The van der Waals surface area contributed by atoms with Crippen LogP contribution in [0.15, 0.2) is 24.3 Å². The molecule has 1 aliphatic carbocycles. The molecule has 116 valence electrons. The lowest BCUT2D eigenvalue weighted by Gasteiger charge is -2.48. The second-order valence-electron chi connectivity index (χ2n) is 7.75. The average Bonchev–Trinajstić information content (AvgIpc) is 2.48. The van der Waals surface area contributed by atoms with Crippen molar-refractivity contribution in [3.8, 4) is 5.75 Å². The fraction of sp³-hybridized carbons (Fsp3) is 0.684. The topological polar surface area (TPSA) is 35.2 Å². The number of hydrogen-bond donors (Lipinski definition) is 1. The molecule has 1 aliphatic heterocycles. The Hall–Kier alpha value is -1.02. The summed E-state index contributed by atoms with van der Waals surface area (Å²) in [7, 11) is 0. The van der Waals surface area contributed by atoms with Crippen LogP contribution in [0.3, 0.4) is 0 Å². The molecule has 1 spiro atoms. The van der Waals surface area contributed by atoms with E-state index in [9.17, 15) is 0 Å². The molecule has 1 saturated carbocycles. The van der Waals surface area contributed by atoms with Crippen LogP contribution in [0.1, 0.15) is 70.9 Å². The molecule has 0 aromatic heterocycles. The molecule has 2 nitrogen and oxygen atoms in total. The molecule has 2 heteroatoms. The summed E-state index contributed by atoms with van der Waals surface area (Å²) in [5, 5.41) is 0. The smallest absolute Gasteiger partial charge is 0.124 e. The second kappa shape index (κ2) is 5.31. The lowest BCUT2D eigenvalue weighted by molar-refractivity contribution is -0.0283. The summed E-state index contributed by atoms with van der Waals surface area (Å²) in [6.45, 7) is 7.14. The summed E-state index contributed by atoms with van der Waals surface area (Å²) in [5.41, 5.74) is 8.05. The molecule has 0 unspecified atom stereocenters. The largest absolute Gasteiger partial charge is 0.487 e. The summed E-state index contributed by atoms with van der Waals surface area (Å²) in [6, 6.07) is 8.43. The number of ether oxygens (including phenoxy) is 1. The number of rotatable bonds is 2. The van der Waals surface area contributed by atoms with Gasteiger partial charge < -0.3 is 10.5 Å². The molecule has 0 bridgehead atoms. The Kier molecular flexibility index (Phi) is 3.77. The molecule has 1 atom stereocenters. The Bertz CT molecular complexity index is 500. The number of nitrogens with two attached hydrogens (primary N) is 1. The first-order valence-corrected chi connectivity index (χ1v) is 8.49. The highest BCUT2D eigenvalue weighted by molar-refractivity contribution is 5.38. The number of hydrogen-bond acceptors (Lipinski definition) is 2. The van der Waals surface area contributed by atoms with Gasteiger partial charge in [0.25, 0.3) is 0 Å². The van der Waals surface area contributed by atoms with E-state index in [0.717, 1.165) is 30.9 Å². The van der Waals surface area contributed by atoms with Gasteiger partial charge >= 0.3 is 0 Å². The molecule has 1 heterocycles. The van der Waals surface area contributed by atoms with Crippen LogP contribution in [-0.4, -0.2) is 5.60 Å². The molecule has 2 N–H and O–H groups in total. The molecule has 1 fully saturated rings. The van der Waals surface area contributed by atoms with Gasteiger partial charge in [-0.2, -0.15) is 0 Å². The lowest BCUT2D eigenvalue weighted by atomic mass is 9.65. The third-order valence-corrected chi connectivity index (χ3v) is 6.15. The third kappa shape index (κ3) is 2.70. The van der Waals surface area contributed by atoms with Crippen LogP contribution in [-0.2, 0) is 0 Å². The van der Waals surface area contributed by atoms with Crippen LogP contribution in [0, 0.1) is 11.3 Å². The predicted octanol–water partition coefficient (Wildman–Crippen LogP) is 4.83. The fourth-order valence-electron chi connectivity index (χ4n) is 4.19. The lowest BCUT2D eigenvalue weighted by Crippen LogP contribution is -2.47. The van der Waals surface area contributed by atoms with E-state index in [1.807, 2.05) is 0 Å². The van der Waals surface area contributed by atoms with E-state index in [4.69, 9.17) is 10.5 Å². The van der Waals surface area contributed by atoms with E-state index < -0.39 is 0 Å². The van der Waals surface area contributed by atoms with Crippen molar-refractivity contribution in [2.24, 2.45) is 17.1 Å². The van der Waals surface area contributed by atoms with Crippen molar-refractivity contribution in [2.75, 3.05) is 0 Å². The number of benzene rings is 1. The maximum Gasteiger partial charge on any atom is 0.124 e. The Morgan fingerprint density at radius 2 is 1.90 bits per heavy atom. The summed E-state index contributed by atoms with van der Waals surface area (Å²) in [5.74, 6) is 1.84. The van der Waals surface area contributed by atoms with Crippen molar-refractivity contribution in [3.63, 3.8) is 0 Å². The quantitative estimate of drug-likeness (QED) is 0.845. The summed E-state index contributed by atoms with van der Waals surface area (Å²) in [4.78, 5) is 0. The minimum Gasteiger partial charge on any atom is -0.487 e. The highest BCUT2D eigenvalue weighted by atomic mass is 16.5. The highest BCUT2D eigenvalue weighted by Gasteiger charge is 2.44. The average molecular weight is 287 g/mol. The monoisotopic (exact) mass is 287 g/mol. The van der Waals surface area contributed by atoms with Crippen LogP contribution < -0.4 is 10.5 Å². The van der Waals surface area contributed by atoms with Crippen LogP contribution in [0.25, 0.3) is 0 Å². The van der Waals surface area contributed by atoms with Gasteiger partial charge in [0.15, 0.2) is 0 Å². The molecule has 1 aromatic carbocycles. The van der Waals surface area contributed by atoms with Gasteiger partial charge in [-0.1, -0.05) is 45.4 Å². The van der Waals surface area contributed by atoms with Crippen LogP contribution in [0.4, 0.5) is 0 Å². The molecule has 0 saturated heterocycles. The molecule has 0 amide bonds. The zero-order valence-corrected chi connectivity index (χ0v) is 13.7. The van der Waals surface area contributed by atoms with Crippen molar-refractivity contribution in [3.05, 3.63) is 29.8 Å². The van der Waals surface area contributed by atoms with E-state index in [2.05, 4.69) is 45.0 Å². The maximum absolute atomic E-state index is 6.45. The molecule has 1 aromatic rings. The first-order valence-electron chi connectivity index (χ1n) is 8.49. The van der Waals surface area contributed by atoms with E-state index in [1.54, 1.807) is 0 Å². The normalized spacial score (nSPS) is 32.6. The van der Waals surface area contributed by atoms with Gasteiger partial charge in [0.1, 0.15) is 11.4 Å². The summed E-state index contributed by atoms with van der Waals surface area (Å²) in [6.07, 6.45) is 7.09. The minimum absolute atomic E-state index is 0.00586. The summed E-state index contributed by atoms with van der Waals surface area (Å²) < 4.78 is 6.45. The molecule has 21 heavy (non-hydrogen) atoms. The fourth-order valence-corrected chi connectivity index (χ4v) is 4.19. The van der Waals surface area contributed by atoms with Crippen LogP contribution in [0.5, 0.6) is 5.75 Å². The van der Waals surface area contributed by atoms with Crippen molar-refractivity contribution in [2.45, 2.75) is 70.9 Å². The van der Waals surface area contributed by atoms with Crippen molar-refractivity contribution >= 4 is 0 Å². The van der Waals surface area contributed by atoms with E-state index in [0.29, 0.717) is 5.41 Å². The Labute approximate surface area is 129 Å². The molecule has 0 radical (unpaired) electrons. The Balaban J connectivity index is 1.75. The van der Waals surface area contributed by atoms with Crippen molar-refractivity contribution < 1.29 is 4.74 Å². The van der Waals surface area contributed by atoms with Gasteiger partial charge in [0.2, 0.25) is 0 Å². The minimum atomic E-state index is -0.00586. The summed E-state index contributed by atoms with van der Waals surface area (Å²) >= 11 is 0. The predicted molar refractivity (Wildman–Crippen MR) is 87.4 cm³/mol. The van der Waals surface area contributed by atoms with E-state index in [1.165, 1.54) is 24.8 Å². The molecule has 2 aliphatic rings. The van der Waals surface area contributed by atoms with Crippen LogP contribution in [0.2, 0.25) is 0 Å². The van der Waals surface area contributed by atoms with Gasteiger partial charge in [-0.15, -0.1) is 0 Å². The first kappa shape index (κ1) is 14.9. The zero-order chi connectivity index (χ0) is 15.1.